The van der Waals surface area contributed by atoms with Gasteiger partial charge in [-0.2, -0.15) is 5.10 Å². The number of nitrogens with one attached hydrogen (secondary N) is 1. The number of benzene rings is 3. The second kappa shape index (κ2) is 7.97. The van der Waals surface area contributed by atoms with Gasteiger partial charge in [0.1, 0.15) is 0 Å². The number of rotatable bonds is 7. The highest BCUT2D eigenvalue weighted by atomic mass is 32.2. The Morgan fingerprint density at radius 1 is 0.931 bits per heavy atom. The number of aryl methyl sites for hydroxylation is 1. The summed E-state index contributed by atoms with van der Waals surface area (Å²) in [4.78, 5) is 2.48. The van der Waals surface area contributed by atoms with Gasteiger partial charge in [0.05, 0.1) is 10.4 Å². The average Bonchev–Trinajstić information content (AvgIpc) is 3.15. The maximum Gasteiger partial charge on any atom is 0.224 e. The van der Waals surface area contributed by atoms with Gasteiger partial charge in [-0.1, -0.05) is 42.5 Å². The molecule has 150 valence electrons. The molecule has 1 N–H and O–H groups in total. The zero-order valence-electron chi connectivity index (χ0n) is 16.7. The lowest BCUT2D eigenvalue weighted by Gasteiger charge is -2.09. The van der Waals surface area contributed by atoms with Crippen molar-refractivity contribution in [3.8, 4) is 0 Å². The van der Waals surface area contributed by atoms with E-state index >= 15 is 0 Å². The first-order chi connectivity index (χ1) is 14.0. The maximum absolute atomic E-state index is 13.5. The smallest absolute Gasteiger partial charge is 0.224 e. The monoisotopic (exact) mass is 407 g/mol. The predicted molar refractivity (Wildman–Crippen MR) is 117 cm³/mol. The summed E-state index contributed by atoms with van der Waals surface area (Å²) in [6.45, 7) is 1.05. The Morgan fingerprint density at radius 3 is 2.55 bits per heavy atom. The van der Waals surface area contributed by atoms with Gasteiger partial charge in [-0.15, -0.1) is 0 Å². The number of aromatic nitrogens is 2. The van der Waals surface area contributed by atoms with Gasteiger partial charge in [0.15, 0.2) is 5.03 Å². The van der Waals surface area contributed by atoms with Gasteiger partial charge in [-0.3, -0.25) is 5.10 Å². The molecule has 1 aromatic heterocycles. The Morgan fingerprint density at radius 2 is 1.72 bits per heavy atom. The van der Waals surface area contributed by atoms with Crippen molar-refractivity contribution in [2.75, 3.05) is 20.6 Å². The molecule has 4 rings (SSSR count). The third kappa shape index (κ3) is 3.91. The third-order valence-corrected chi connectivity index (χ3v) is 7.00. The molecule has 6 heteroatoms. The number of fused-ring (bicyclic) bond motifs is 2. The molecule has 0 aliphatic carbocycles. The first kappa shape index (κ1) is 19.6. The van der Waals surface area contributed by atoms with E-state index in [-0.39, 0.29) is 5.03 Å². The average molecular weight is 408 g/mol. The van der Waals surface area contributed by atoms with Crippen LogP contribution in [0.5, 0.6) is 0 Å². The Labute approximate surface area is 171 Å². The fourth-order valence-electron chi connectivity index (χ4n) is 3.69. The molecule has 0 amide bonds. The molecule has 0 spiro atoms. The number of hydrogen-bond acceptors (Lipinski definition) is 4. The highest BCUT2D eigenvalue weighted by Gasteiger charge is 2.25. The van der Waals surface area contributed by atoms with Crippen molar-refractivity contribution < 1.29 is 8.42 Å². The third-order valence-electron chi connectivity index (χ3n) is 5.21. The number of nitrogens with zero attached hydrogens (tertiary/aromatic N) is 2. The summed E-state index contributed by atoms with van der Waals surface area (Å²) < 4.78 is 27.0. The van der Waals surface area contributed by atoms with Gasteiger partial charge in [-0.25, -0.2) is 8.42 Å². The van der Waals surface area contributed by atoms with Crippen molar-refractivity contribution >= 4 is 31.5 Å². The molecule has 0 radical (unpaired) electrons. The van der Waals surface area contributed by atoms with Crippen LogP contribution in [0.1, 0.15) is 18.4 Å². The quantitative estimate of drug-likeness (QED) is 0.460. The molecule has 0 aliphatic heterocycles. The molecular weight excluding hydrogens is 382 g/mol. The summed E-state index contributed by atoms with van der Waals surface area (Å²) in [5, 5.41) is 9.47. The van der Waals surface area contributed by atoms with Gasteiger partial charge in [-0.05, 0) is 69.1 Å². The zero-order chi connectivity index (χ0) is 20.4. The first-order valence-electron chi connectivity index (χ1n) is 9.81. The molecular formula is C23H25N3O2S. The van der Waals surface area contributed by atoms with Gasteiger partial charge in [0.2, 0.25) is 9.84 Å². The molecule has 4 aromatic rings. The minimum absolute atomic E-state index is 0.166. The Hall–Kier alpha value is -2.70. The van der Waals surface area contributed by atoms with Crippen LogP contribution in [-0.2, 0) is 16.3 Å². The lowest BCUT2D eigenvalue weighted by molar-refractivity contribution is 0.394. The first-order valence-corrected chi connectivity index (χ1v) is 11.3. The topological polar surface area (TPSA) is 66.1 Å². The maximum atomic E-state index is 13.5. The second-order valence-electron chi connectivity index (χ2n) is 7.65. The van der Waals surface area contributed by atoms with E-state index in [1.54, 1.807) is 12.1 Å². The predicted octanol–water partition coefficient (Wildman–Crippen LogP) is 4.43. The van der Waals surface area contributed by atoms with Crippen LogP contribution < -0.4 is 0 Å². The highest BCUT2D eigenvalue weighted by Crippen LogP contribution is 2.31. The van der Waals surface area contributed by atoms with Crippen molar-refractivity contribution in [3.05, 3.63) is 66.2 Å². The van der Waals surface area contributed by atoms with Gasteiger partial charge >= 0.3 is 0 Å². The summed E-state index contributed by atoms with van der Waals surface area (Å²) in [5.74, 6) is 0. The Bertz CT molecular complexity index is 1250. The van der Waals surface area contributed by atoms with E-state index in [4.69, 9.17) is 0 Å². The molecule has 0 saturated heterocycles. The van der Waals surface area contributed by atoms with Crippen LogP contribution in [0.25, 0.3) is 21.7 Å². The minimum Gasteiger partial charge on any atom is -0.309 e. The van der Waals surface area contributed by atoms with E-state index in [0.717, 1.165) is 42.1 Å². The molecule has 29 heavy (non-hydrogen) atoms. The van der Waals surface area contributed by atoms with Crippen LogP contribution in [0.15, 0.2) is 70.6 Å². The van der Waals surface area contributed by atoms with E-state index in [2.05, 4.69) is 29.2 Å². The zero-order valence-corrected chi connectivity index (χ0v) is 17.5. The van der Waals surface area contributed by atoms with Crippen LogP contribution in [0, 0.1) is 0 Å². The van der Waals surface area contributed by atoms with Crippen LogP contribution in [-0.4, -0.2) is 44.2 Å². The van der Waals surface area contributed by atoms with E-state index < -0.39 is 9.84 Å². The SMILES string of the molecule is CN(C)CCCCc1ccc2n[nH]c(S(=O)(=O)c3cccc4ccccc34)c2c1. The van der Waals surface area contributed by atoms with Gasteiger partial charge in [0, 0.05) is 10.8 Å². The Balaban J connectivity index is 1.72. The van der Waals surface area contributed by atoms with Crippen molar-refractivity contribution in [3.63, 3.8) is 0 Å². The summed E-state index contributed by atoms with van der Waals surface area (Å²) >= 11 is 0. The normalized spacial score (nSPS) is 12.2. The van der Waals surface area contributed by atoms with Crippen LogP contribution in [0.3, 0.4) is 0 Å². The lowest BCUT2D eigenvalue weighted by Crippen LogP contribution is -2.12. The molecule has 3 aromatic carbocycles. The fraction of sp³-hybridized carbons (Fsp3) is 0.261. The molecule has 0 fully saturated rings. The largest absolute Gasteiger partial charge is 0.309 e. The minimum atomic E-state index is -3.73. The van der Waals surface area contributed by atoms with E-state index in [1.165, 1.54) is 0 Å². The van der Waals surface area contributed by atoms with Crippen LogP contribution in [0.2, 0.25) is 0 Å². The second-order valence-corrected chi connectivity index (χ2v) is 9.50. The Kier molecular flexibility index (Phi) is 5.39. The van der Waals surface area contributed by atoms with Crippen LogP contribution >= 0.6 is 0 Å². The molecule has 0 atom stereocenters. The standard InChI is InChI=1S/C23H25N3O2S/c1-26(2)15-6-5-8-17-13-14-21-20(16-17)23(25-24-21)29(27,28)22-12-7-10-18-9-3-4-11-19(18)22/h3-4,7,9-14,16H,5-6,8,15H2,1-2H3,(H,24,25). The molecule has 0 bridgehead atoms. The number of sulfone groups is 1. The molecule has 5 nitrogen and oxygen atoms in total. The number of H-pyrrole nitrogens is 1. The number of aromatic amines is 1. The molecule has 0 unspecified atom stereocenters. The van der Waals surface area contributed by atoms with E-state index in [1.807, 2.05) is 48.5 Å². The van der Waals surface area contributed by atoms with Gasteiger partial charge < -0.3 is 4.90 Å². The fourth-order valence-corrected chi connectivity index (χ4v) is 5.26. The van der Waals surface area contributed by atoms with Crippen molar-refractivity contribution in [2.45, 2.75) is 29.2 Å². The van der Waals surface area contributed by atoms with Crippen molar-refractivity contribution in [1.29, 1.82) is 0 Å². The number of unbranched alkanes of at least 4 members (excludes halogenated alkanes) is 1. The molecule has 0 saturated carbocycles. The van der Waals surface area contributed by atoms with Crippen molar-refractivity contribution in [1.82, 2.24) is 15.1 Å². The van der Waals surface area contributed by atoms with Gasteiger partial charge in [0.25, 0.3) is 0 Å². The molecule has 1 heterocycles. The van der Waals surface area contributed by atoms with Crippen molar-refractivity contribution in [2.24, 2.45) is 0 Å². The summed E-state index contributed by atoms with van der Waals surface area (Å²) in [6, 6.07) is 18.8. The molecule has 0 aliphatic rings. The lowest BCUT2D eigenvalue weighted by atomic mass is 10.1. The number of hydrogen-bond donors (Lipinski definition) is 1. The summed E-state index contributed by atoms with van der Waals surface area (Å²) in [5.41, 5.74) is 1.80. The van der Waals surface area contributed by atoms with E-state index in [9.17, 15) is 8.42 Å². The highest BCUT2D eigenvalue weighted by molar-refractivity contribution is 7.91. The summed E-state index contributed by atoms with van der Waals surface area (Å²) in [6.07, 6.45) is 3.09. The summed E-state index contributed by atoms with van der Waals surface area (Å²) in [7, 11) is 0.416. The van der Waals surface area contributed by atoms with E-state index in [0.29, 0.717) is 15.8 Å². The van der Waals surface area contributed by atoms with Crippen LogP contribution in [0.4, 0.5) is 0 Å².